The second-order valence-electron chi connectivity index (χ2n) is 3.52. The molecule has 0 saturated carbocycles. The van der Waals surface area contributed by atoms with Crippen molar-refractivity contribution in [3.63, 3.8) is 0 Å². The molecular weight excluding hydrogens is 154 g/mol. The van der Waals surface area contributed by atoms with Gasteiger partial charge in [0.2, 0.25) is 5.91 Å². The van der Waals surface area contributed by atoms with Crippen LogP contribution in [0.2, 0.25) is 0 Å². The highest BCUT2D eigenvalue weighted by atomic mass is 16.5. The van der Waals surface area contributed by atoms with E-state index < -0.39 is 0 Å². The predicted octanol–water partition coefficient (Wildman–Crippen LogP) is 0.891. The van der Waals surface area contributed by atoms with E-state index >= 15 is 0 Å². The van der Waals surface area contributed by atoms with Crippen LogP contribution in [0.15, 0.2) is 0 Å². The summed E-state index contributed by atoms with van der Waals surface area (Å²) in [5.41, 5.74) is 0. The van der Waals surface area contributed by atoms with Crippen LogP contribution in [0, 0.1) is 5.92 Å². The molecule has 3 nitrogen and oxygen atoms in total. The number of rotatable bonds is 2. The highest BCUT2D eigenvalue weighted by molar-refractivity contribution is 5.77. The lowest BCUT2D eigenvalue weighted by Gasteiger charge is -2.30. The number of carbonyl (C=O) groups excluding carboxylic acids is 1. The SMILES string of the molecule is COCC(=O)N1CCC[C@@H](C)C1. The van der Waals surface area contributed by atoms with Gasteiger partial charge in [-0.25, -0.2) is 0 Å². The second-order valence-corrected chi connectivity index (χ2v) is 3.52. The maximum Gasteiger partial charge on any atom is 0.248 e. The van der Waals surface area contributed by atoms with Crippen molar-refractivity contribution in [2.45, 2.75) is 19.8 Å². The van der Waals surface area contributed by atoms with E-state index in [4.69, 9.17) is 4.74 Å². The lowest BCUT2D eigenvalue weighted by Crippen LogP contribution is -2.40. The standard InChI is InChI=1S/C9H17NO2/c1-8-4-3-5-10(6-8)9(11)7-12-2/h8H,3-7H2,1-2H3/t8-/m1/s1. The normalized spacial score (nSPS) is 24.2. The van der Waals surface area contributed by atoms with E-state index in [9.17, 15) is 4.79 Å². The van der Waals surface area contributed by atoms with Crippen LogP contribution in [0.4, 0.5) is 0 Å². The van der Waals surface area contributed by atoms with Crippen molar-refractivity contribution >= 4 is 5.91 Å². The van der Waals surface area contributed by atoms with Crippen LogP contribution in [0.1, 0.15) is 19.8 Å². The van der Waals surface area contributed by atoms with Crippen molar-refractivity contribution in [2.24, 2.45) is 5.92 Å². The van der Waals surface area contributed by atoms with Gasteiger partial charge in [-0.05, 0) is 18.8 Å². The summed E-state index contributed by atoms with van der Waals surface area (Å²) in [7, 11) is 1.56. The monoisotopic (exact) mass is 171 g/mol. The zero-order valence-electron chi connectivity index (χ0n) is 7.88. The number of methoxy groups -OCH3 is 1. The molecule has 1 fully saturated rings. The van der Waals surface area contributed by atoms with Crippen LogP contribution in [0.3, 0.4) is 0 Å². The van der Waals surface area contributed by atoms with Gasteiger partial charge in [-0.1, -0.05) is 6.92 Å². The molecule has 1 aliphatic rings. The fourth-order valence-corrected chi connectivity index (χ4v) is 1.63. The number of hydrogen-bond acceptors (Lipinski definition) is 2. The maximum absolute atomic E-state index is 11.3. The summed E-state index contributed by atoms with van der Waals surface area (Å²) in [5, 5.41) is 0. The summed E-state index contributed by atoms with van der Waals surface area (Å²) in [6.45, 7) is 4.23. The number of likely N-dealkylation sites (tertiary alicyclic amines) is 1. The van der Waals surface area contributed by atoms with E-state index in [1.165, 1.54) is 6.42 Å². The van der Waals surface area contributed by atoms with Crippen LogP contribution < -0.4 is 0 Å². The molecule has 1 amide bonds. The lowest BCUT2D eigenvalue weighted by molar-refractivity contribution is -0.136. The fourth-order valence-electron chi connectivity index (χ4n) is 1.63. The van der Waals surface area contributed by atoms with Gasteiger partial charge in [0.1, 0.15) is 6.61 Å². The maximum atomic E-state index is 11.3. The number of amides is 1. The highest BCUT2D eigenvalue weighted by Gasteiger charge is 2.20. The molecule has 0 aliphatic carbocycles. The number of nitrogens with zero attached hydrogens (tertiary/aromatic N) is 1. The Morgan fingerprint density at radius 1 is 1.67 bits per heavy atom. The smallest absolute Gasteiger partial charge is 0.248 e. The third kappa shape index (κ3) is 2.48. The lowest BCUT2D eigenvalue weighted by atomic mass is 10.0. The Morgan fingerprint density at radius 2 is 2.42 bits per heavy atom. The summed E-state index contributed by atoms with van der Waals surface area (Å²) in [6, 6.07) is 0. The van der Waals surface area contributed by atoms with Crippen molar-refractivity contribution in [1.29, 1.82) is 0 Å². The van der Waals surface area contributed by atoms with Gasteiger partial charge < -0.3 is 9.64 Å². The Kier molecular flexibility index (Phi) is 3.53. The molecule has 0 aromatic carbocycles. The molecule has 0 bridgehead atoms. The summed E-state index contributed by atoms with van der Waals surface area (Å²) < 4.78 is 4.80. The first-order chi connectivity index (χ1) is 5.74. The van der Waals surface area contributed by atoms with E-state index in [2.05, 4.69) is 6.92 Å². The van der Waals surface area contributed by atoms with Gasteiger partial charge in [-0.15, -0.1) is 0 Å². The Bertz CT molecular complexity index is 159. The molecule has 1 heterocycles. The first-order valence-corrected chi connectivity index (χ1v) is 4.50. The van der Waals surface area contributed by atoms with Crippen LogP contribution in [-0.4, -0.2) is 37.6 Å². The highest BCUT2D eigenvalue weighted by Crippen LogP contribution is 2.15. The molecule has 1 aliphatic heterocycles. The minimum absolute atomic E-state index is 0.129. The molecule has 1 rings (SSSR count). The molecule has 0 aromatic rings. The fraction of sp³-hybridized carbons (Fsp3) is 0.889. The van der Waals surface area contributed by atoms with Gasteiger partial charge in [-0.2, -0.15) is 0 Å². The van der Waals surface area contributed by atoms with Gasteiger partial charge in [0.15, 0.2) is 0 Å². The van der Waals surface area contributed by atoms with Crippen LogP contribution in [0.5, 0.6) is 0 Å². The van der Waals surface area contributed by atoms with E-state index in [0.717, 1.165) is 19.5 Å². The van der Waals surface area contributed by atoms with Crippen LogP contribution in [0.25, 0.3) is 0 Å². The van der Waals surface area contributed by atoms with Crippen molar-refractivity contribution in [2.75, 3.05) is 26.8 Å². The molecule has 3 heteroatoms. The van der Waals surface area contributed by atoms with E-state index in [1.807, 2.05) is 4.90 Å². The Labute approximate surface area is 73.7 Å². The topological polar surface area (TPSA) is 29.5 Å². The van der Waals surface area contributed by atoms with Crippen molar-refractivity contribution in [1.82, 2.24) is 4.90 Å². The van der Waals surface area contributed by atoms with Crippen LogP contribution >= 0.6 is 0 Å². The van der Waals surface area contributed by atoms with Crippen molar-refractivity contribution in [3.8, 4) is 0 Å². The minimum Gasteiger partial charge on any atom is -0.375 e. The average molecular weight is 171 g/mol. The van der Waals surface area contributed by atoms with Gasteiger partial charge in [-0.3, -0.25) is 4.79 Å². The number of ether oxygens (including phenoxy) is 1. The van der Waals surface area contributed by atoms with E-state index in [0.29, 0.717) is 5.92 Å². The molecule has 70 valence electrons. The van der Waals surface area contributed by atoms with Gasteiger partial charge in [0, 0.05) is 20.2 Å². The van der Waals surface area contributed by atoms with E-state index in [1.54, 1.807) is 7.11 Å². The quantitative estimate of drug-likeness (QED) is 0.617. The number of piperidine rings is 1. The van der Waals surface area contributed by atoms with Gasteiger partial charge in [0.05, 0.1) is 0 Å². The predicted molar refractivity (Wildman–Crippen MR) is 46.9 cm³/mol. The molecule has 0 radical (unpaired) electrons. The summed E-state index contributed by atoms with van der Waals surface area (Å²) in [4.78, 5) is 13.2. The molecule has 1 saturated heterocycles. The second kappa shape index (κ2) is 4.45. The molecule has 0 spiro atoms. The number of hydrogen-bond donors (Lipinski definition) is 0. The Balaban J connectivity index is 2.35. The van der Waals surface area contributed by atoms with Crippen molar-refractivity contribution < 1.29 is 9.53 Å². The summed E-state index contributed by atoms with van der Waals surface area (Å²) in [5.74, 6) is 0.781. The molecule has 0 aromatic heterocycles. The van der Waals surface area contributed by atoms with Crippen LogP contribution in [-0.2, 0) is 9.53 Å². The van der Waals surface area contributed by atoms with E-state index in [-0.39, 0.29) is 12.5 Å². The summed E-state index contributed by atoms with van der Waals surface area (Å²) in [6.07, 6.45) is 2.38. The van der Waals surface area contributed by atoms with Gasteiger partial charge >= 0.3 is 0 Å². The first kappa shape index (κ1) is 9.52. The molecular formula is C9H17NO2. The van der Waals surface area contributed by atoms with Crippen molar-refractivity contribution in [3.05, 3.63) is 0 Å². The third-order valence-electron chi connectivity index (χ3n) is 2.28. The Hall–Kier alpha value is -0.570. The largest absolute Gasteiger partial charge is 0.375 e. The summed E-state index contributed by atoms with van der Waals surface area (Å²) >= 11 is 0. The number of carbonyl (C=O) groups is 1. The zero-order valence-corrected chi connectivity index (χ0v) is 7.88. The van der Waals surface area contributed by atoms with Gasteiger partial charge in [0.25, 0.3) is 0 Å². The third-order valence-corrected chi connectivity index (χ3v) is 2.28. The zero-order chi connectivity index (χ0) is 8.97. The molecule has 1 atom stereocenters. The molecule has 0 unspecified atom stereocenters. The first-order valence-electron chi connectivity index (χ1n) is 4.50. The molecule has 0 N–H and O–H groups in total. The molecule has 12 heavy (non-hydrogen) atoms. The Morgan fingerprint density at radius 3 is 3.00 bits per heavy atom. The minimum atomic E-state index is 0.129. The average Bonchev–Trinajstić information content (AvgIpc) is 2.05.